The van der Waals surface area contributed by atoms with Crippen molar-refractivity contribution in [3.63, 3.8) is 0 Å². The maximum absolute atomic E-state index is 11.2. The molecule has 0 saturated heterocycles. The van der Waals surface area contributed by atoms with Crippen LogP contribution in [-0.2, 0) is 0 Å². The Kier molecular flexibility index (Phi) is 2.91. The third-order valence-electron chi connectivity index (χ3n) is 2.25. The fourth-order valence-corrected chi connectivity index (χ4v) is 1.39. The normalized spacial score (nSPS) is 10.8. The molecule has 1 aromatic heterocycles. The number of hydrogen-bond acceptors (Lipinski definition) is 3. The summed E-state index contributed by atoms with van der Waals surface area (Å²) in [4.78, 5) is 26.8. The Balaban J connectivity index is 2.40. The van der Waals surface area contributed by atoms with E-state index in [-0.39, 0.29) is 5.69 Å². The minimum Gasteiger partial charge on any atom is -0.393 e. The fraction of sp³-hybridized carbons (Fsp3) is 0. The predicted molar refractivity (Wildman–Crippen MR) is 67.5 cm³/mol. The predicted octanol–water partition coefficient (Wildman–Crippen LogP) is 0.816. The van der Waals surface area contributed by atoms with E-state index in [4.69, 9.17) is 5.73 Å². The van der Waals surface area contributed by atoms with Crippen molar-refractivity contribution < 1.29 is 0 Å². The van der Waals surface area contributed by atoms with E-state index < -0.39 is 11.2 Å². The molecule has 0 atom stereocenters. The maximum Gasteiger partial charge on any atom is 0.326 e. The molecule has 0 radical (unpaired) electrons. The summed E-state index contributed by atoms with van der Waals surface area (Å²) in [6.07, 6.45) is 3.36. The number of nitrogens with two attached hydrogens (primary N) is 1. The minimum atomic E-state index is -0.582. The number of anilines is 1. The van der Waals surface area contributed by atoms with Gasteiger partial charge in [-0.15, -0.1) is 0 Å². The van der Waals surface area contributed by atoms with Crippen LogP contribution in [0.2, 0.25) is 0 Å². The Morgan fingerprint density at radius 3 is 2.41 bits per heavy atom. The van der Waals surface area contributed by atoms with E-state index in [0.29, 0.717) is 5.69 Å². The van der Waals surface area contributed by atoms with Crippen LogP contribution in [0.5, 0.6) is 0 Å². The maximum atomic E-state index is 11.2. The zero-order valence-corrected chi connectivity index (χ0v) is 8.94. The highest BCUT2D eigenvalue weighted by Gasteiger charge is 2.01. The molecule has 5 nitrogen and oxygen atoms in total. The molecule has 0 aliphatic heterocycles. The highest BCUT2D eigenvalue weighted by molar-refractivity contribution is 5.72. The number of H-pyrrole nitrogens is 2. The first kappa shape index (κ1) is 10.9. The van der Waals surface area contributed by atoms with Gasteiger partial charge in [0.05, 0.1) is 5.69 Å². The van der Waals surface area contributed by atoms with Gasteiger partial charge < -0.3 is 10.7 Å². The topological polar surface area (TPSA) is 91.7 Å². The van der Waals surface area contributed by atoms with Crippen molar-refractivity contribution in [1.82, 2.24) is 9.97 Å². The quantitative estimate of drug-likeness (QED) is 0.711. The largest absolute Gasteiger partial charge is 0.393 e. The van der Waals surface area contributed by atoms with Crippen molar-refractivity contribution in [1.29, 1.82) is 0 Å². The Labute approximate surface area is 96.6 Å². The van der Waals surface area contributed by atoms with E-state index in [1.54, 1.807) is 12.2 Å². The Morgan fingerprint density at radius 2 is 1.71 bits per heavy atom. The Bertz CT molecular complexity index is 653. The van der Waals surface area contributed by atoms with Crippen molar-refractivity contribution in [2.45, 2.75) is 0 Å². The van der Waals surface area contributed by atoms with Crippen LogP contribution in [0.3, 0.4) is 0 Å². The molecule has 1 heterocycles. The summed E-state index contributed by atoms with van der Waals surface area (Å²) in [5.41, 5.74) is 5.65. The lowest BCUT2D eigenvalue weighted by molar-refractivity contribution is 1.03. The molecule has 86 valence electrons. The van der Waals surface area contributed by atoms with Gasteiger partial charge >= 0.3 is 5.69 Å². The van der Waals surface area contributed by atoms with Gasteiger partial charge in [-0.1, -0.05) is 36.4 Å². The van der Waals surface area contributed by atoms with Crippen molar-refractivity contribution >= 4 is 17.8 Å². The number of nitrogen functional groups attached to an aromatic ring is 1. The van der Waals surface area contributed by atoms with E-state index in [9.17, 15) is 9.59 Å². The van der Waals surface area contributed by atoms with Gasteiger partial charge in [-0.2, -0.15) is 0 Å². The molecule has 4 N–H and O–H groups in total. The van der Waals surface area contributed by atoms with Crippen LogP contribution >= 0.6 is 0 Å². The van der Waals surface area contributed by atoms with Gasteiger partial charge in [0.15, 0.2) is 0 Å². The second-order valence-corrected chi connectivity index (χ2v) is 3.48. The van der Waals surface area contributed by atoms with Gasteiger partial charge in [-0.3, -0.25) is 9.78 Å². The molecule has 0 unspecified atom stereocenters. The van der Waals surface area contributed by atoms with E-state index in [2.05, 4.69) is 9.97 Å². The van der Waals surface area contributed by atoms with E-state index in [0.717, 1.165) is 5.56 Å². The lowest BCUT2D eigenvalue weighted by Crippen LogP contribution is -2.25. The molecular weight excluding hydrogens is 218 g/mol. The standard InChI is InChI=1S/C12H11N3O2/c13-10-9(14-12(17)15-11(10)16)7-6-8-4-2-1-3-5-8/h1-7H,13H2,(H2,14,15,16,17). The van der Waals surface area contributed by atoms with Crippen LogP contribution in [-0.4, -0.2) is 9.97 Å². The van der Waals surface area contributed by atoms with Crippen LogP contribution in [0.25, 0.3) is 12.2 Å². The molecule has 1 aromatic carbocycles. The van der Waals surface area contributed by atoms with Crippen LogP contribution in [0, 0.1) is 0 Å². The van der Waals surface area contributed by atoms with Crippen LogP contribution in [0.1, 0.15) is 11.3 Å². The number of aromatic nitrogens is 2. The summed E-state index contributed by atoms with van der Waals surface area (Å²) in [6.45, 7) is 0. The monoisotopic (exact) mass is 229 g/mol. The molecule has 0 spiro atoms. The summed E-state index contributed by atoms with van der Waals surface area (Å²) in [5, 5.41) is 0. The van der Waals surface area contributed by atoms with Crippen LogP contribution < -0.4 is 17.0 Å². The summed E-state index contributed by atoms with van der Waals surface area (Å²) in [6, 6.07) is 9.49. The summed E-state index contributed by atoms with van der Waals surface area (Å²) < 4.78 is 0. The summed E-state index contributed by atoms with van der Waals surface area (Å²) >= 11 is 0. The van der Waals surface area contributed by atoms with Gasteiger partial charge in [-0.05, 0) is 11.6 Å². The molecule has 2 aromatic rings. The summed E-state index contributed by atoms with van der Waals surface area (Å²) in [7, 11) is 0. The number of benzene rings is 1. The molecule has 5 heteroatoms. The van der Waals surface area contributed by atoms with E-state index in [1.165, 1.54) is 0 Å². The first-order chi connectivity index (χ1) is 8.16. The Morgan fingerprint density at radius 1 is 1.00 bits per heavy atom. The van der Waals surface area contributed by atoms with Gasteiger partial charge in [-0.25, -0.2) is 4.79 Å². The third kappa shape index (κ3) is 2.52. The van der Waals surface area contributed by atoms with Crippen molar-refractivity contribution in [2.75, 3.05) is 5.73 Å². The van der Waals surface area contributed by atoms with Crippen molar-refractivity contribution in [3.05, 3.63) is 62.4 Å². The molecule has 2 rings (SSSR count). The van der Waals surface area contributed by atoms with E-state index >= 15 is 0 Å². The molecule has 0 aliphatic carbocycles. The van der Waals surface area contributed by atoms with Gasteiger partial charge in [0.1, 0.15) is 5.69 Å². The van der Waals surface area contributed by atoms with Gasteiger partial charge in [0.2, 0.25) is 0 Å². The fourth-order valence-electron chi connectivity index (χ4n) is 1.39. The van der Waals surface area contributed by atoms with E-state index in [1.807, 2.05) is 30.3 Å². The number of nitrogens with one attached hydrogen (secondary N) is 2. The highest BCUT2D eigenvalue weighted by Crippen LogP contribution is 2.07. The molecule has 0 saturated carbocycles. The minimum absolute atomic E-state index is 0.00298. The molecular formula is C12H11N3O2. The molecule has 17 heavy (non-hydrogen) atoms. The first-order valence-corrected chi connectivity index (χ1v) is 5.02. The zero-order valence-electron chi connectivity index (χ0n) is 8.94. The molecule has 0 fully saturated rings. The lowest BCUT2D eigenvalue weighted by Gasteiger charge is -1.97. The number of rotatable bonds is 2. The lowest BCUT2D eigenvalue weighted by atomic mass is 10.2. The molecule has 0 bridgehead atoms. The van der Waals surface area contributed by atoms with Gasteiger partial charge in [0, 0.05) is 0 Å². The van der Waals surface area contributed by atoms with Crippen molar-refractivity contribution in [2.24, 2.45) is 0 Å². The average molecular weight is 229 g/mol. The Hall–Kier alpha value is -2.56. The number of aromatic amines is 2. The smallest absolute Gasteiger partial charge is 0.326 e. The van der Waals surface area contributed by atoms with Crippen LogP contribution in [0.15, 0.2) is 39.9 Å². The SMILES string of the molecule is Nc1c(C=Cc2ccccc2)[nH]c(=O)[nH]c1=O. The zero-order chi connectivity index (χ0) is 12.3. The average Bonchev–Trinajstić information content (AvgIpc) is 2.33. The number of hydrogen-bond donors (Lipinski definition) is 3. The second-order valence-electron chi connectivity index (χ2n) is 3.48. The van der Waals surface area contributed by atoms with Crippen molar-refractivity contribution in [3.8, 4) is 0 Å². The van der Waals surface area contributed by atoms with Gasteiger partial charge in [0.25, 0.3) is 5.56 Å². The molecule has 0 aliphatic rings. The molecule has 0 amide bonds. The van der Waals surface area contributed by atoms with Crippen LogP contribution in [0.4, 0.5) is 5.69 Å². The second kappa shape index (κ2) is 4.52. The first-order valence-electron chi connectivity index (χ1n) is 5.02. The highest BCUT2D eigenvalue weighted by atomic mass is 16.2. The third-order valence-corrected chi connectivity index (χ3v) is 2.25. The summed E-state index contributed by atoms with van der Waals surface area (Å²) in [5.74, 6) is 0.